The Balaban J connectivity index is 1.92. The molecule has 3 aromatic rings. The molecule has 3 aromatic carbocycles. The van der Waals surface area contributed by atoms with Gasteiger partial charge in [-0.1, -0.05) is 67.1 Å². The summed E-state index contributed by atoms with van der Waals surface area (Å²) < 4.78 is 5.91. The molecule has 0 aliphatic heterocycles. The van der Waals surface area contributed by atoms with Crippen molar-refractivity contribution >= 4 is 23.4 Å². The van der Waals surface area contributed by atoms with E-state index in [2.05, 4.69) is 11.4 Å². The van der Waals surface area contributed by atoms with Crippen LogP contribution in [0.1, 0.15) is 42.5 Å². The summed E-state index contributed by atoms with van der Waals surface area (Å²) in [6.45, 7) is 8.02. The SMILES string of the molecule is CCC(C)NC(=O)C(Cc1ccccc1)N(Cc1cccc(Cl)c1)C(=O)COc1cc(C)cc(C)c1. The second-order valence-electron chi connectivity index (χ2n) is 9.29. The number of amides is 2. The highest BCUT2D eigenvalue weighted by molar-refractivity contribution is 6.30. The van der Waals surface area contributed by atoms with Crippen molar-refractivity contribution in [2.75, 3.05) is 6.61 Å². The zero-order valence-corrected chi connectivity index (χ0v) is 22.2. The monoisotopic (exact) mass is 506 g/mol. The first-order valence-electron chi connectivity index (χ1n) is 12.3. The van der Waals surface area contributed by atoms with Crippen LogP contribution in [0.15, 0.2) is 72.8 Å². The summed E-state index contributed by atoms with van der Waals surface area (Å²) >= 11 is 6.23. The normalized spacial score (nSPS) is 12.5. The Bertz CT molecular complexity index is 1150. The zero-order chi connectivity index (χ0) is 26.1. The molecule has 0 aliphatic carbocycles. The largest absolute Gasteiger partial charge is 0.484 e. The molecule has 0 aromatic heterocycles. The van der Waals surface area contributed by atoms with Gasteiger partial charge < -0.3 is 15.0 Å². The van der Waals surface area contributed by atoms with Crippen molar-refractivity contribution < 1.29 is 14.3 Å². The van der Waals surface area contributed by atoms with E-state index in [4.69, 9.17) is 16.3 Å². The number of hydrogen-bond acceptors (Lipinski definition) is 3. The molecule has 0 aliphatic rings. The Morgan fingerprint density at radius 2 is 1.61 bits per heavy atom. The number of ether oxygens (including phenoxy) is 1. The van der Waals surface area contributed by atoms with E-state index >= 15 is 0 Å². The van der Waals surface area contributed by atoms with E-state index in [9.17, 15) is 9.59 Å². The van der Waals surface area contributed by atoms with Crippen molar-refractivity contribution in [3.63, 3.8) is 0 Å². The van der Waals surface area contributed by atoms with Crippen molar-refractivity contribution in [3.05, 3.63) is 100 Å². The minimum Gasteiger partial charge on any atom is -0.484 e. The van der Waals surface area contributed by atoms with Crippen LogP contribution >= 0.6 is 11.6 Å². The Labute approximate surface area is 219 Å². The summed E-state index contributed by atoms with van der Waals surface area (Å²) in [6, 6.07) is 22.2. The van der Waals surface area contributed by atoms with Gasteiger partial charge in [0.15, 0.2) is 6.61 Å². The van der Waals surface area contributed by atoms with Crippen molar-refractivity contribution in [2.24, 2.45) is 0 Å². The molecule has 2 amide bonds. The van der Waals surface area contributed by atoms with Crippen molar-refractivity contribution in [3.8, 4) is 5.75 Å². The highest BCUT2D eigenvalue weighted by Gasteiger charge is 2.31. The van der Waals surface area contributed by atoms with Gasteiger partial charge in [0.1, 0.15) is 11.8 Å². The highest BCUT2D eigenvalue weighted by atomic mass is 35.5. The summed E-state index contributed by atoms with van der Waals surface area (Å²) in [6.07, 6.45) is 1.18. The molecule has 0 heterocycles. The molecule has 3 rings (SSSR count). The number of hydrogen-bond donors (Lipinski definition) is 1. The molecule has 190 valence electrons. The molecule has 0 saturated heterocycles. The van der Waals surface area contributed by atoms with Gasteiger partial charge in [0.25, 0.3) is 5.91 Å². The number of rotatable bonds is 11. The first kappa shape index (κ1) is 27.3. The van der Waals surface area contributed by atoms with Crippen LogP contribution in [0.4, 0.5) is 0 Å². The van der Waals surface area contributed by atoms with Crippen molar-refractivity contribution in [1.82, 2.24) is 10.2 Å². The van der Waals surface area contributed by atoms with E-state index in [1.54, 1.807) is 11.0 Å². The molecular formula is C30H35ClN2O3. The summed E-state index contributed by atoms with van der Waals surface area (Å²) in [5.41, 5.74) is 3.93. The van der Waals surface area contributed by atoms with E-state index in [0.29, 0.717) is 17.2 Å². The first-order valence-corrected chi connectivity index (χ1v) is 12.7. The topological polar surface area (TPSA) is 58.6 Å². The Morgan fingerprint density at radius 1 is 0.944 bits per heavy atom. The van der Waals surface area contributed by atoms with Crippen LogP contribution in [0.2, 0.25) is 5.02 Å². The van der Waals surface area contributed by atoms with Gasteiger partial charge in [0.2, 0.25) is 5.91 Å². The third-order valence-electron chi connectivity index (χ3n) is 6.07. The number of carbonyl (C=O) groups is 2. The fraction of sp³-hybridized carbons (Fsp3) is 0.333. The molecule has 0 spiro atoms. The second-order valence-corrected chi connectivity index (χ2v) is 9.72. The van der Waals surface area contributed by atoms with Gasteiger partial charge in [0, 0.05) is 24.0 Å². The van der Waals surface area contributed by atoms with E-state index < -0.39 is 6.04 Å². The Hall–Kier alpha value is -3.31. The molecule has 2 unspecified atom stereocenters. The van der Waals surface area contributed by atoms with E-state index in [1.807, 2.05) is 88.4 Å². The lowest BCUT2D eigenvalue weighted by molar-refractivity contribution is -0.143. The van der Waals surface area contributed by atoms with Crippen LogP contribution in [0.3, 0.4) is 0 Å². The number of nitrogens with one attached hydrogen (secondary N) is 1. The van der Waals surface area contributed by atoms with E-state index in [-0.39, 0.29) is 31.0 Å². The standard InChI is InChI=1S/C30H35ClN2O3/c1-5-23(4)32-30(35)28(18-24-10-7-6-8-11-24)33(19-25-12-9-13-26(31)17-25)29(34)20-36-27-15-21(2)14-22(3)16-27/h6-17,23,28H,5,18-20H2,1-4H3,(H,32,35). The molecule has 0 radical (unpaired) electrons. The van der Waals surface area contributed by atoms with E-state index in [1.165, 1.54) is 0 Å². The number of halogens is 1. The molecule has 36 heavy (non-hydrogen) atoms. The van der Waals surface area contributed by atoms with Crippen LogP contribution in [0.25, 0.3) is 0 Å². The number of benzene rings is 3. The molecule has 2 atom stereocenters. The smallest absolute Gasteiger partial charge is 0.261 e. The van der Waals surface area contributed by atoms with Gasteiger partial charge in [-0.3, -0.25) is 9.59 Å². The van der Waals surface area contributed by atoms with E-state index in [0.717, 1.165) is 28.7 Å². The summed E-state index contributed by atoms with van der Waals surface area (Å²) in [5.74, 6) is 0.177. The van der Waals surface area contributed by atoms with Crippen LogP contribution in [0.5, 0.6) is 5.75 Å². The molecule has 6 heteroatoms. The van der Waals surface area contributed by atoms with Crippen LogP contribution < -0.4 is 10.1 Å². The predicted octanol–water partition coefficient (Wildman–Crippen LogP) is 5.89. The minimum absolute atomic E-state index is 0.00888. The van der Waals surface area contributed by atoms with Crippen molar-refractivity contribution in [1.29, 1.82) is 0 Å². The fourth-order valence-electron chi connectivity index (χ4n) is 4.07. The highest BCUT2D eigenvalue weighted by Crippen LogP contribution is 2.20. The quantitative estimate of drug-likeness (QED) is 0.352. The zero-order valence-electron chi connectivity index (χ0n) is 21.5. The molecule has 1 N–H and O–H groups in total. The predicted molar refractivity (Wildman–Crippen MR) is 145 cm³/mol. The average Bonchev–Trinajstić information content (AvgIpc) is 2.84. The molecule has 5 nitrogen and oxygen atoms in total. The summed E-state index contributed by atoms with van der Waals surface area (Å²) in [4.78, 5) is 28.8. The lowest BCUT2D eigenvalue weighted by atomic mass is 10.0. The maximum absolute atomic E-state index is 13.7. The van der Waals surface area contributed by atoms with Crippen LogP contribution in [0, 0.1) is 13.8 Å². The van der Waals surface area contributed by atoms with Crippen LogP contribution in [-0.4, -0.2) is 35.4 Å². The average molecular weight is 507 g/mol. The number of carbonyl (C=O) groups excluding carboxylic acids is 2. The molecule has 0 bridgehead atoms. The summed E-state index contributed by atoms with van der Waals surface area (Å²) in [5, 5.41) is 3.65. The maximum Gasteiger partial charge on any atom is 0.261 e. The van der Waals surface area contributed by atoms with Gasteiger partial charge >= 0.3 is 0 Å². The molecule has 0 fully saturated rings. The van der Waals surface area contributed by atoms with Gasteiger partial charge in [-0.15, -0.1) is 0 Å². The molecular weight excluding hydrogens is 472 g/mol. The Morgan fingerprint density at radius 3 is 2.25 bits per heavy atom. The van der Waals surface area contributed by atoms with Crippen molar-refractivity contribution in [2.45, 2.75) is 59.2 Å². The third kappa shape index (κ3) is 8.13. The lowest BCUT2D eigenvalue weighted by Gasteiger charge is -2.32. The van der Waals surface area contributed by atoms with Gasteiger partial charge in [-0.05, 0) is 73.7 Å². The fourth-order valence-corrected chi connectivity index (χ4v) is 4.28. The number of aryl methyl sites for hydroxylation is 2. The third-order valence-corrected chi connectivity index (χ3v) is 6.31. The Kier molecular flexibility index (Phi) is 9.95. The van der Waals surface area contributed by atoms with Gasteiger partial charge in [-0.25, -0.2) is 0 Å². The van der Waals surface area contributed by atoms with Gasteiger partial charge in [-0.2, -0.15) is 0 Å². The number of nitrogens with zero attached hydrogens (tertiary/aromatic N) is 1. The van der Waals surface area contributed by atoms with Crippen LogP contribution in [-0.2, 0) is 22.6 Å². The lowest BCUT2D eigenvalue weighted by Crippen LogP contribution is -2.53. The summed E-state index contributed by atoms with van der Waals surface area (Å²) in [7, 11) is 0. The second kappa shape index (κ2) is 13.1. The van der Waals surface area contributed by atoms with Gasteiger partial charge in [0.05, 0.1) is 0 Å². The minimum atomic E-state index is -0.712. The first-order chi connectivity index (χ1) is 17.2. The maximum atomic E-state index is 13.7. The molecule has 0 saturated carbocycles.